The van der Waals surface area contributed by atoms with Crippen molar-refractivity contribution in [2.45, 2.75) is 18.9 Å². The van der Waals surface area contributed by atoms with E-state index in [0.717, 1.165) is 19.4 Å². The molecule has 1 fully saturated rings. The fourth-order valence-electron chi connectivity index (χ4n) is 1.86. The number of benzene rings is 1. The maximum atomic E-state index is 9.05. The van der Waals surface area contributed by atoms with E-state index in [-0.39, 0.29) is 6.10 Å². The minimum atomic E-state index is 0.00662. The molecule has 17 heavy (non-hydrogen) atoms. The van der Waals surface area contributed by atoms with E-state index in [1.807, 2.05) is 0 Å². The maximum absolute atomic E-state index is 9.05. The van der Waals surface area contributed by atoms with Gasteiger partial charge in [0.05, 0.1) is 19.3 Å². The highest BCUT2D eigenvalue weighted by atomic mass is 16.5. The van der Waals surface area contributed by atoms with Crippen LogP contribution in [0.2, 0.25) is 0 Å². The second kappa shape index (κ2) is 5.55. The standard InChI is InChI=1S/C13H15NO3/c1-15-12-6-2-4-10(8-14)13(12)17-11-5-3-7-16-9-11/h2,4,6,11H,3,5,7,9H2,1H3. The van der Waals surface area contributed by atoms with E-state index in [9.17, 15) is 0 Å². The van der Waals surface area contributed by atoms with Gasteiger partial charge in [-0.3, -0.25) is 0 Å². The Morgan fingerprint density at radius 2 is 2.35 bits per heavy atom. The van der Waals surface area contributed by atoms with Gasteiger partial charge in [0.1, 0.15) is 12.2 Å². The molecule has 0 bridgehead atoms. The van der Waals surface area contributed by atoms with Gasteiger partial charge in [0.25, 0.3) is 0 Å². The second-order valence-corrected chi connectivity index (χ2v) is 3.91. The molecular formula is C13H15NO3. The zero-order chi connectivity index (χ0) is 12.1. The minimum Gasteiger partial charge on any atom is -0.493 e. The molecule has 0 spiro atoms. The third-order valence-electron chi connectivity index (χ3n) is 2.72. The van der Waals surface area contributed by atoms with Crippen molar-refractivity contribution in [2.75, 3.05) is 20.3 Å². The summed E-state index contributed by atoms with van der Waals surface area (Å²) < 4.78 is 16.4. The third kappa shape index (κ3) is 2.69. The summed E-state index contributed by atoms with van der Waals surface area (Å²) >= 11 is 0. The van der Waals surface area contributed by atoms with Gasteiger partial charge in [-0.25, -0.2) is 0 Å². The van der Waals surface area contributed by atoms with Crippen LogP contribution in [-0.4, -0.2) is 26.4 Å². The summed E-state index contributed by atoms with van der Waals surface area (Å²) in [5.74, 6) is 1.11. The Kier molecular flexibility index (Phi) is 3.84. The lowest BCUT2D eigenvalue weighted by Crippen LogP contribution is -2.28. The van der Waals surface area contributed by atoms with Gasteiger partial charge < -0.3 is 14.2 Å². The van der Waals surface area contributed by atoms with Crippen LogP contribution in [0.1, 0.15) is 18.4 Å². The van der Waals surface area contributed by atoms with Crippen LogP contribution in [0.3, 0.4) is 0 Å². The zero-order valence-corrected chi connectivity index (χ0v) is 9.81. The number of para-hydroxylation sites is 1. The molecule has 1 aromatic carbocycles. The Morgan fingerprint density at radius 3 is 3.00 bits per heavy atom. The molecule has 0 aliphatic carbocycles. The Labute approximate surface area is 101 Å². The predicted molar refractivity (Wildman–Crippen MR) is 62.2 cm³/mol. The maximum Gasteiger partial charge on any atom is 0.179 e. The molecule has 1 heterocycles. The number of hydrogen-bond donors (Lipinski definition) is 0. The lowest BCUT2D eigenvalue weighted by atomic mass is 10.1. The Balaban J connectivity index is 2.20. The van der Waals surface area contributed by atoms with Gasteiger partial charge in [-0.1, -0.05) is 6.07 Å². The first-order valence-corrected chi connectivity index (χ1v) is 5.66. The molecule has 1 saturated heterocycles. The summed E-state index contributed by atoms with van der Waals surface area (Å²) in [6, 6.07) is 7.41. The highest BCUT2D eigenvalue weighted by Gasteiger charge is 2.19. The first-order valence-electron chi connectivity index (χ1n) is 5.66. The van der Waals surface area contributed by atoms with Crippen molar-refractivity contribution in [1.29, 1.82) is 5.26 Å². The molecule has 0 amide bonds. The van der Waals surface area contributed by atoms with E-state index in [1.165, 1.54) is 0 Å². The molecule has 1 aliphatic rings. The van der Waals surface area contributed by atoms with Gasteiger partial charge >= 0.3 is 0 Å². The molecule has 0 radical (unpaired) electrons. The van der Waals surface area contributed by atoms with Crippen molar-refractivity contribution in [2.24, 2.45) is 0 Å². The molecule has 4 nitrogen and oxygen atoms in total. The van der Waals surface area contributed by atoms with E-state index in [2.05, 4.69) is 6.07 Å². The molecule has 0 N–H and O–H groups in total. The van der Waals surface area contributed by atoms with Crippen LogP contribution in [0, 0.1) is 11.3 Å². The van der Waals surface area contributed by atoms with Gasteiger partial charge in [0, 0.05) is 6.61 Å². The molecule has 1 unspecified atom stereocenters. The first kappa shape index (κ1) is 11.7. The topological polar surface area (TPSA) is 51.5 Å². The molecule has 90 valence electrons. The normalized spacial score (nSPS) is 19.4. The molecule has 1 aromatic rings. The van der Waals surface area contributed by atoms with Crippen LogP contribution < -0.4 is 9.47 Å². The van der Waals surface area contributed by atoms with Crippen molar-refractivity contribution in [3.63, 3.8) is 0 Å². The van der Waals surface area contributed by atoms with Crippen LogP contribution >= 0.6 is 0 Å². The Bertz CT molecular complexity index is 419. The van der Waals surface area contributed by atoms with Crippen LogP contribution in [0.25, 0.3) is 0 Å². The number of ether oxygens (including phenoxy) is 3. The molecule has 2 rings (SSSR count). The van der Waals surface area contributed by atoms with Crippen molar-refractivity contribution < 1.29 is 14.2 Å². The van der Waals surface area contributed by atoms with E-state index >= 15 is 0 Å². The third-order valence-corrected chi connectivity index (χ3v) is 2.72. The molecule has 0 saturated carbocycles. The van der Waals surface area contributed by atoms with Crippen LogP contribution in [0.4, 0.5) is 0 Å². The number of hydrogen-bond acceptors (Lipinski definition) is 4. The Hall–Kier alpha value is -1.73. The van der Waals surface area contributed by atoms with E-state index in [0.29, 0.717) is 23.7 Å². The van der Waals surface area contributed by atoms with Gasteiger partial charge in [-0.05, 0) is 25.0 Å². The fourth-order valence-corrected chi connectivity index (χ4v) is 1.86. The van der Waals surface area contributed by atoms with Gasteiger partial charge in [0.15, 0.2) is 11.5 Å². The Morgan fingerprint density at radius 1 is 1.47 bits per heavy atom. The highest BCUT2D eigenvalue weighted by Crippen LogP contribution is 2.32. The second-order valence-electron chi connectivity index (χ2n) is 3.91. The van der Waals surface area contributed by atoms with Crippen molar-refractivity contribution >= 4 is 0 Å². The number of nitriles is 1. The quantitative estimate of drug-likeness (QED) is 0.802. The number of methoxy groups -OCH3 is 1. The average molecular weight is 233 g/mol. The van der Waals surface area contributed by atoms with E-state index in [1.54, 1.807) is 25.3 Å². The van der Waals surface area contributed by atoms with Gasteiger partial charge in [0.2, 0.25) is 0 Å². The SMILES string of the molecule is COc1cccc(C#N)c1OC1CCCOC1. The summed E-state index contributed by atoms with van der Waals surface area (Å²) in [5, 5.41) is 9.05. The van der Waals surface area contributed by atoms with Crippen molar-refractivity contribution in [1.82, 2.24) is 0 Å². The van der Waals surface area contributed by atoms with Gasteiger partial charge in [-0.2, -0.15) is 5.26 Å². The van der Waals surface area contributed by atoms with Gasteiger partial charge in [-0.15, -0.1) is 0 Å². The van der Waals surface area contributed by atoms with Crippen molar-refractivity contribution in [3.8, 4) is 17.6 Å². The zero-order valence-electron chi connectivity index (χ0n) is 9.81. The molecule has 1 atom stereocenters. The minimum absolute atomic E-state index is 0.00662. The van der Waals surface area contributed by atoms with Crippen molar-refractivity contribution in [3.05, 3.63) is 23.8 Å². The summed E-state index contributed by atoms with van der Waals surface area (Å²) in [5.41, 5.74) is 0.495. The van der Waals surface area contributed by atoms with Crippen LogP contribution in [0.5, 0.6) is 11.5 Å². The highest BCUT2D eigenvalue weighted by molar-refractivity contribution is 5.52. The number of nitrogens with zero attached hydrogens (tertiary/aromatic N) is 1. The van der Waals surface area contributed by atoms with Crippen LogP contribution in [-0.2, 0) is 4.74 Å². The van der Waals surface area contributed by atoms with E-state index < -0.39 is 0 Å². The molecule has 1 aliphatic heterocycles. The summed E-state index contributed by atoms with van der Waals surface area (Å²) in [4.78, 5) is 0. The summed E-state index contributed by atoms with van der Waals surface area (Å²) in [7, 11) is 1.57. The summed E-state index contributed by atoms with van der Waals surface area (Å²) in [6.07, 6.45) is 1.94. The largest absolute Gasteiger partial charge is 0.493 e. The average Bonchev–Trinajstić information content (AvgIpc) is 2.40. The number of rotatable bonds is 3. The smallest absolute Gasteiger partial charge is 0.179 e. The fraction of sp³-hybridized carbons (Fsp3) is 0.462. The molecule has 0 aromatic heterocycles. The summed E-state index contributed by atoms with van der Waals surface area (Å²) in [6.45, 7) is 1.36. The molecular weight excluding hydrogens is 218 g/mol. The predicted octanol–water partition coefficient (Wildman–Crippen LogP) is 2.12. The molecule has 4 heteroatoms. The van der Waals surface area contributed by atoms with Crippen LogP contribution in [0.15, 0.2) is 18.2 Å². The lowest BCUT2D eigenvalue weighted by Gasteiger charge is -2.24. The monoisotopic (exact) mass is 233 g/mol. The first-order chi connectivity index (χ1) is 8.35. The lowest BCUT2D eigenvalue weighted by molar-refractivity contribution is 0.00632. The van der Waals surface area contributed by atoms with E-state index in [4.69, 9.17) is 19.5 Å².